The van der Waals surface area contributed by atoms with Gasteiger partial charge in [-0.2, -0.15) is 4.98 Å². The van der Waals surface area contributed by atoms with Gasteiger partial charge in [0, 0.05) is 6.26 Å². The van der Waals surface area contributed by atoms with Gasteiger partial charge in [-0.05, 0) is 12.1 Å². The number of hydrogen-bond donors (Lipinski definition) is 2. The van der Waals surface area contributed by atoms with Crippen LogP contribution in [0.5, 0.6) is 5.75 Å². The fourth-order valence-electron chi connectivity index (χ4n) is 1.49. The molecule has 0 aliphatic heterocycles. The molecule has 0 aliphatic carbocycles. The highest BCUT2D eigenvalue weighted by molar-refractivity contribution is 7.90. The first kappa shape index (κ1) is 12.5. The number of nitrogens with zero attached hydrogens (tertiary/aromatic N) is 2. The van der Waals surface area contributed by atoms with Gasteiger partial charge in [-0.3, -0.25) is 0 Å². The monoisotopic (exact) mass is 269 g/mol. The first-order valence-corrected chi connectivity index (χ1v) is 6.87. The van der Waals surface area contributed by atoms with Crippen LogP contribution >= 0.6 is 0 Å². The third-order valence-corrected chi connectivity index (χ3v) is 3.41. The molecule has 0 fully saturated rings. The molecule has 1 aromatic heterocycles. The summed E-state index contributed by atoms with van der Waals surface area (Å²) >= 11 is 0. The molecule has 0 unspecified atom stereocenters. The van der Waals surface area contributed by atoms with Crippen LogP contribution in [0.25, 0.3) is 11.4 Å². The number of sulfone groups is 1. The average Bonchev–Trinajstić information content (AvgIpc) is 2.75. The number of hydrogen-bond acceptors (Lipinski definition) is 7. The second kappa shape index (κ2) is 4.39. The highest BCUT2D eigenvalue weighted by Gasteiger charge is 2.21. The van der Waals surface area contributed by atoms with Crippen molar-refractivity contribution < 1.29 is 18.0 Å². The second-order valence-corrected chi connectivity index (χ2v) is 5.62. The standard InChI is InChI=1S/C10H11N3O4S/c1-18(15,16)7-4-2-3-6(14)9(7)10-12-8(5-11)17-13-10/h2-4,14H,5,11H2,1H3. The molecule has 2 aromatic rings. The maximum atomic E-state index is 11.6. The van der Waals surface area contributed by atoms with E-state index in [1.807, 2.05) is 0 Å². The van der Waals surface area contributed by atoms with Crippen molar-refractivity contribution in [1.29, 1.82) is 0 Å². The van der Waals surface area contributed by atoms with Gasteiger partial charge in [0.05, 0.1) is 17.0 Å². The van der Waals surface area contributed by atoms with E-state index in [0.29, 0.717) is 0 Å². The van der Waals surface area contributed by atoms with Gasteiger partial charge in [-0.1, -0.05) is 11.2 Å². The zero-order valence-electron chi connectivity index (χ0n) is 9.49. The minimum atomic E-state index is -3.51. The van der Waals surface area contributed by atoms with Crippen LogP contribution in [0, 0.1) is 0 Å². The first-order chi connectivity index (χ1) is 8.43. The Morgan fingerprint density at radius 1 is 1.44 bits per heavy atom. The molecule has 8 heteroatoms. The summed E-state index contributed by atoms with van der Waals surface area (Å²) in [4.78, 5) is 3.84. The molecule has 1 aromatic carbocycles. The number of phenols is 1. The fraction of sp³-hybridized carbons (Fsp3) is 0.200. The highest BCUT2D eigenvalue weighted by Crippen LogP contribution is 2.33. The molecule has 2 rings (SSSR count). The van der Waals surface area contributed by atoms with E-state index in [4.69, 9.17) is 10.3 Å². The lowest BCUT2D eigenvalue weighted by atomic mass is 10.2. The van der Waals surface area contributed by atoms with Crippen LogP contribution in [0.3, 0.4) is 0 Å². The summed E-state index contributed by atoms with van der Waals surface area (Å²) in [7, 11) is -3.51. The summed E-state index contributed by atoms with van der Waals surface area (Å²) in [5, 5.41) is 13.4. The van der Waals surface area contributed by atoms with E-state index < -0.39 is 9.84 Å². The predicted molar refractivity (Wildman–Crippen MR) is 62.4 cm³/mol. The van der Waals surface area contributed by atoms with E-state index in [9.17, 15) is 13.5 Å². The predicted octanol–water partition coefficient (Wildman–Crippen LogP) is 0.304. The zero-order chi connectivity index (χ0) is 13.3. The maximum Gasteiger partial charge on any atom is 0.240 e. The molecule has 1 heterocycles. The molecule has 7 nitrogen and oxygen atoms in total. The first-order valence-electron chi connectivity index (χ1n) is 4.98. The smallest absolute Gasteiger partial charge is 0.240 e. The van der Waals surface area contributed by atoms with Gasteiger partial charge in [0.2, 0.25) is 11.7 Å². The summed E-state index contributed by atoms with van der Waals surface area (Å²) in [6.07, 6.45) is 1.04. The topological polar surface area (TPSA) is 119 Å². The van der Waals surface area contributed by atoms with Gasteiger partial charge in [0.15, 0.2) is 9.84 Å². The van der Waals surface area contributed by atoms with Crippen molar-refractivity contribution in [3.05, 3.63) is 24.1 Å². The van der Waals surface area contributed by atoms with E-state index in [1.54, 1.807) is 0 Å². The van der Waals surface area contributed by atoms with Gasteiger partial charge < -0.3 is 15.4 Å². The largest absolute Gasteiger partial charge is 0.507 e. The van der Waals surface area contributed by atoms with Crippen molar-refractivity contribution in [2.45, 2.75) is 11.4 Å². The maximum absolute atomic E-state index is 11.6. The van der Waals surface area contributed by atoms with Crippen LogP contribution < -0.4 is 5.73 Å². The molecule has 3 N–H and O–H groups in total. The lowest BCUT2D eigenvalue weighted by molar-refractivity contribution is 0.380. The van der Waals surface area contributed by atoms with E-state index in [1.165, 1.54) is 18.2 Å². The molecule has 0 saturated carbocycles. The number of phenolic OH excluding ortho intramolecular Hbond substituents is 1. The van der Waals surface area contributed by atoms with Gasteiger partial charge in [0.25, 0.3) is 0 Å². The molecule has 0 aliphatic rings. The Balaban J connectivity index is 2.70. The second-order valence-electron chi connectivity index (χ2n) is 3.64. The van der Waals surface area contributed by atoms with Crippen molar-refractivity contribution in [1.82, 2.24) is 10.1 Å². The van der Waals surface area contributed by atoms with E-state index in [2.05, 4.69) is 10.1 Å². The number of aromatic nitrogens is 2. The SMILES string of the molecule is CS(=O)(=O)c1cccc(O)c1-c1noc(CN)n1. The Bertz CT molecular complexity index is 678. The summed E-state index contributed by atoms with van der Waals surface area (Å²) in [5.41, 5.74) is 5.34. The van der Waals surface area contributed by atoms with E-state index >= 15 is 0 Å². The molecule has 0 spiro atoms. The molecule has 96 valence electrons. The molecule has 0 saturated heterocycles. The Morgan fingerprint density at radius 3 is 2.72 bits per heavy atom. The zero-order valence-corrected chi connectivity index (χ0v) is 10.3. The van der Waals surface area contributed by atoms with Crippen molar-refractivity contribution >= 4 is 9.84 Å². The molecule has 0 amide bonds. The Morgan fingerprint density at radius 2 is 2.17 bits per heavy atom. The van der Waals surface area contributed by atoms with E-state index in [-0.39, 0.29) is 34.5 Å². The van der Waals surface area contributed by atoms with Crippen molar-refractivity contribution in [2.24, 2.45) is 5.73 Å². The summed E-state index contributed by atoms with van der Waals surface area (Å²) in [6.45, 7) is 0.0365. The number of aromatic hydroxyl groups is 1. The minimum Gasteiger partial charge on any atom is -0.507 e. The van der Waals surface area contributed by atoms with Crippen molar-refractivity contribution in [3.63, 3.8) is 0 Å². The number of rotatable bonds is 3. The molecule has 0 radical (unpaired) electrons. The Kier molecular flexibility index (Phi) is 3.05. The fourth-order valence-corrected chi connectivity index (χ4v) is 2.39. The van der Waals surface area contributed by atoms with Crippen molar-refractivity contribution in [2.75, 3.05) is 6.26 Å². The number of benzene rings is 1. The van der Waals surface area contributed by atoms with Crippen LogP contribution in [0.15, 0.2) is 27.6 Å². The summed E-state index contributed by atoms with van der Waals surface area (Å²) < 4.78 is 28.1. The van der Waals surface area contributed by atoms with Gasteiger partial charge in [-0.25, -0.2) is 8.42 Å². The summed E-state index contributed by atoms with van der Waals surface area (Å²) in [5.74, 6) is -0.0797. The Hall–Kier alpha value is -1.93. The molecular formula is C10H11N3O4S. The van der Waals surface area contributed by atoms with E-state index in [0.717, 1.165) is 6.26 Å². The normalized spacial score (nSPS) is 11.7. The van der Waals surface area contributed by atoms with Crippen molar-refractivity contribution in [3.8, 4) is 17.1 Å². The van der Waals surface area contributed by atoms with Crippen LogP contribution in [-0.2, 0) is 16.4 Å². The lowest BCUT2D eigenvalue weighted by Crippen LogP contribution is -2.01. The molecule has 0 bridgehead atoms. The number of nitrogens with two attached hydrogens (primary N) is 1. The van der Waals surface area contributed by atoms with Crippen LogP contribution in [0.4, 0.5) is 0 Å². The van der Waals surface area contributed by atoms with Crippen LogP contribution in [-0.4, -0.2) is 29.9 Å². The third kappa shape index (κ3) is 2.20. The van der Waals surface area contributed by atoms with Crippen LogP contribution in [0.2, 0.25) is 0 Å². The van der Waals surface area contributed by atoms with Gasteiger partial charge in [0.1, 0.15) is 5.75 Å². The lowest BCUT2D eigenvalue weighted by Gasteiger charge is -2.05. The molecular weight excluding hydrogens is 258 g/mol. The molecule has 18 heavy (non-hydrogen) atoms. The average molecular weight is 269 g/mol. The minimum absolute atomic E-state index is 0.00558. The molecule has 0 atom stereocenters. The van der Waals surface area contributed by atoms with Gasteiger partial charge >= 0.3 is 0 Å². The quantitative estimate of drug-likeness (QED) is 0.822. The van der Waals surface area contributed by atoms with Gasteiger partial charge in [-0.15, -0.1) is 0 Å². The highest BCUT2D eigenvalue weighted by atomic mass is 32.2. The Labute approximate surface area is 103 Å². The third-order valence-electron chi connectivity index (χ3n) is 2.27. The summed E-state index contributed by atoms with van der Waals surface area (Å²) in [6, 6.07) is 4.14. The van der Waals surface area contributed by atoms with Crippen LogP contribution in [0.1, 0.15) is 5.89 Å².